The van der Waals surface area contributed by atoms with E-state index in [-0.39, 0.29) is 17.2 Å². The fraction of sp³-hybridized carbons (Fsp3) is 0.412. The zero-order valence-corrected chi connectivity index (χ0v) is 23.2. The number of rotatable bonds is 7. The summed E-state index contributed by atoms with van der Waals surface area (Å²) in [6.45, 7) is 0.696. The van der Waals surface area contributed by atoms with E-state index >= 15 is 0 Å². The van der Waals surface area contributed by atoms with E-state index in [9.17, 15) is 9.59 Å². The van der Waals surface area contributed by atoms with Gasteiger partial charge in [-0.15, -0.1) is 11.8 Å². The van der Waals surface area contributed by atoms with Crippen molar-refractivity contribution in [2.45, 2.75) is 55.7 Å². The van der Waals surface area contributed by atoms with E-state index in [0.29, 0.717) is 23.3 Å². The maximum atomic E-state index is 13.0. The molecule has 4 aliphatic carbocycles. The van der Waals surface area contributed by atoms with E-state index in [1.807, 2.05) is 47.4 Å². The number of anilines is 1. The predicted molar refractivity (Wildman–Crippen MR) is 158 cm³/mol. The molecule has 1 aliphatic heterocycles. The number of benzene rings is 3. The van der Waals surface area contributed by atoms with Crippen molar-refractivity contribution in [2.75, 3.05) is 17.6 Å². The molecule has 0 spiro atoms. The van der Waals surface area contributed by atoms with E-state index in [2.05, 4.69) is 41.7 Å². The average Bonchev–Trinajstić information content (AvgIpc) is 3.32. The fourth-order valence-electron chi connectivity index (χ4n) is 8.24. The second-order valence-corrected chi connectivity index (χ2v) is 13.4. The Morgan fingerprint density at radius 3 is 2.13 bits per heavy atom. The van der Waals surface area contributed by atoms with Crippen LogP contribution >= 0.6 is 11.8 Å². The van der Waals surface area contributed by atoms with Gasteiger partial charge in [0, 0.05) is 17.8 Å². The second kappa shape index (κ2) is 10.2. The van der Waals surface area contributed by atoms with Crippen LogP contribution in [0.4, 0.5) is 5.69 Å². The summed E-state index contributed by atoms with van der Waals surface area (Å²) in [6, 6.07) is 26.8. The quantitative estimate of drug-likeness (QED) is 0.347. The van der Waals surface area contributed by atoms with Crippen LogP contribution in [-0.2, 0) is 16.6 Å². The average molecular weight is 537 g/mol. The summed E-state index contributed by atoms with van der Waals surface area (Å²) in [5.74, 6) is 3.36. The molecule has 2 amide bonds. The summed E-state index contributed by atoms with van der Waals surface area (Å²) < 4.78 is 0. The molecule has 1 heterocycles. The molecule has 0 aromatic heterocycles. The number of carbonyl (C=O) groups excluding carboxylic acids is 2. The van der Waals surface area contributed by atoms with Gasteiger partial charge in [-0.25, -0.2) is 0 Å². The van der Waals surface area contributed by atoms with Crippen molar-refractivity contribution < 1.29 is 9.59 Å². The predicted octanol–water partition coefficient (Wildman–Crippen LogP) is 7.22. The summed E-state index contributed by atoms with van der Waals surface area (Å²) in [6.07, 6.45) is 9.25. The molecule has 4 bridgehead atoms. The normalized spacial score (nSPS) is 29.1. The first kappa shape index (κ1) is 25.0. The Balaban J connectivity index is 0.993. The van der Waals surface area contributed by atoms with Gasteiger partial charge in [-0.3, -0.25) is 9.59 Å². The Bertz CT molecular complexity index is 1320. The Hall–Kier alpha value is -3.05. The van der Waals surface area contributed by atoms with E-state index in [1.165, 1.54) is 49.7 Å². The van der Waals surface area contributed by atoms with Crippen molar-refractivity contribution in [2.24, 2.45) is 17.8 Å². The molecule has 4 nitrogen and oxygen atoms in total. The van der Waals surface area contributed by atoms with E-state index < -0.39 is 0 Å². The highest BCUT2D eigenvalue weighted by molar-refractivity contribution is 8.00. The number of amides is 2. The number of carbonyl (C=O) groups is 2. The lowest BCUT2D eigenvalue weighted by Gasteiger charge is -2.57. The Morgan fingerprint density at radius 2 is 1.49 bits per heavy atom. The molecule has 8 rings (SSSR count). The smallest absolute Gasteiger partial charge is 0.255 e. The van der Waals surface area contributed by atoms with Gasteiger partial charge in [0.15, 0.2) is 0 Å². The molecular formula is C34H36N2O2S. The zero-order valence-electron chi connectivity index (χ0n) is 22.4. The van der Waals surface area contributed by atoms with Crippen molar-refractivity contribution in [3.8, 4) is 0 Å². The van der Waals surface area contributed by atoms with Crippen LogP contribution in [0.5, 0.6) is 0 Å². The van der Waals surface area contributed by atoms with Crippen LogP contribution in [0.3, 0.4) is 0 Å². The monoisotopic (exact) mass is 536 g/mol. The third-order valence-corrected chi connectivity index (χ3v) is 11.0. The van der Waals surface area contributed by atoms with Gasteiger partial charge in [0.25, 0.3) is 5.91 Å². The fourth-order valence-corrected chi connectivity index (χ4v) is 9.46. The molecule has 5 heteroatoms. The third kappa shape index (κ3) is 4.91. The number of nitrogens with one attached hydrogen (secondary N) is 1. The van der Waals surface area contributed by atoms with Crippen LogP contribution in [0, 0.1) is 17.8 Å². The molecule has 3 aromatic carbocycles. The third-order valence-electron chi connectivity index (χ3n) is 9.70. The minimum Gasteiger partial charge on any atom is -0.326 e. The van der Waals surface area contributed by atoms with Gasteiger partial charge in [0.2, 0.25) is 5.91 Å². The molecule has 1 saturated heterocycles. The number of nitrogens with zero attached hydrogens (tertiary/aromatic N) is 1. The van der Waals surface area contributed by atoms with Gasteiger partial charge in [0.1, 0.15) is 5.37 Å². The Morgan fingerprint density at radius 1 is 0.846 bits per heavy atom. The van der Waals surface area contributed by atoms with Gasteiger partial charge in [-0.1, -0.05) is 54.6 Å². The SMILES string of the molecule is O=C(Nc1ccc(C23CC4CC(CC(C4)C2)C3)cc1)c1ccc([C@@H]2SCC(=O)N2CCc2ccccc2)cc1. The summed E-state index contributed by atoms with van der Waals surface area (Å²) in [4.78, 5) is 27.6. The molecule has 3 aromatic rings. The molecule has 0 radical (unpaired) electrons. The van der Waals surface area contributed by atoms with Crippen LogP contribution in [0.15, 0.2) is 78.9 Å². The van der Waals surface area contributed by atoms with Gasteiger partial charge >= 0.3 is 0 Å². The highest BCUT2D eigenvalue weighted by Crippen LogP contribution is 2.60. The van der Waals surface area contributed by atoms with Crippen molar-refractivity contribution in [1.82, 2.24) is 4.90 Å². The molecule has 0 unspecified atom stereocenters. The molecule has 39 heavy (non-hydrogen) atoms. The molecule has 5 aliphatic rings. The van der Waals surface area contributed by atoms with Gasteiger partial charge in [-0.05, 0) is 109 Å². The van der Waals surface area contributed by atoms with Crippen LogP contribution in [0.25, 0.3) is 0 Å². The maximum absolute atomic E-state index is 13.0. The summed E-state index contributed by atoms with van der Waals surface area (Å²) in [5, 5.41) is 3.09. The number of hydrogen-bond acceptors (Lipinski definition) is 3. The van der Waals surface area contributed by atoms with Crippen molar-refractivity contribution in [3.63, 3.8) is 0 Å². The highest BCUT2D eigenvalue weighted by atomic mass is 32.2. The Kier molecular flexibility index (Phi) is 6.50. The van der Waals surface area contributed by atoms with E-state index in [1.54, 1.807) is 11.8 Å². The molecular weight excluding hydrogens is 500 g/mol. The zero-order chi connectivity index (χ0) is 26.4. The Labute approximate surface area is 235 Å². The first-order chi connectivity index (χ1) is 19.0. The van der Waals surface area contributed by atoms with Crippen LogP contribution in [0.1, 0.15) is 70.9 Å². The largest absolute Gasteiger partial charge is 0.326 e. The van der Waals surface area contributed by atoms with E-state index in [4.69, 9.17) is 0 Å². The van der Waals surface area contributed by atoms with Gasteiger partial charge < -0.3 is 10.2 Å². The van der Waals surface area contributed by atoms with Crippen molar-refractivity contribution >= 4 is 29.3 Å². The molecule has 1 N–H and O–H groups in total. The maximum Gasteiger partial charge on any atom is 0.255 e. The highest BCUT2D eigenvalue weighted by Gasteiger charge is 2.51. The topological polar surface area (TPSA) is 49.4 Å². The molecule has 200 valence electrons. The van der Waals surface area contributed by atoms with E-state index in [0.717, 1.165) is 35.4 Å². The minimum absolute atomic E-state index is 0.00421. The van der Waals surface area contributed by atoms with Crippen LogP contribution in [-0.4, -0.2) is 29.0 Å². The van der Waals surface area contributed by atoms with Crippen LogP contribution in [0.2, 0.25) is 0 Å². The number of thioether (sulfide) groups is 1. The van der Waals surface area contributed by atoms with Crippen molar-refractivity contribution in [3.05, 3.63) is 101 Å². The first-order valence-corrected chi connectivity index (χ1v) is 15.6. The number of hydrogen-bond donors (Lipinski definition) is 1. The summed E-state index contributed by atoms with van der Waals surface area (Å²) in [7, 11) is 0. The van der Waals surface area contributed by atoms with Gasteiger partial charge in [0.05, 0.1) is 5.75 Å². The molecule has 5 fully saturated rings. The standard InChI is InChI=1S/C34H36N2O2S/c37-31-22-39-33(36(31)15-14-23-4-2-1-3-5-23)28-8-6-27(7-9-28)32(38)35-30-12-10-29(11-13-30)34-19-24-16-25(20-34)18-26(17-24)21-34/h1-13,24-26,33H,14-22H2,(H,35,38)/t24?,25?,26?,33-,34?/m0/s1. The van der Waals surface area contributed by atoms with Crippen LogP contribution < -0.4 is 5.32 Å². The lowest BCUT2D eigenvalue weighted by atomic mass is 9.48. The molecule has 4 saturated carbocycles. The van der Waals surface area contributed by atoms with Gasteiger partial charge in [-0.2, -0.15) is 0 Å². The van der Waals surface area contributed by atoms with Crippen molar-refractivity contribution in [1.29, 1.82) is 0 Å². The minimum atomic E-state index is -0.0970. The second-order valence-electron chi connectivity index (χ2n) is 12.3. The lowest BCUT2D eigenvalue weighted by molar-refractivity contribution is -0.128. The lowest BCUT2D eigenvalue weighted by Crippen LogP contribution is -2.48. The first-order valence-electron chi connectivity index (χ1n) is 14.5. The summed E-state index contributed by atoms with van der Waals surface area (Å²) in [5.41, 5.74) is 5.64. The summed E-state index contributed by atoms with van der Waals surface area (Å²) >= 11 is 1.66. The molecule has 1 atom stereocenters.